The third kappa shape index (κ3) is 3.94. The monoisotopic (exact) mass is 380 g/mol. The van der Waals surface area contributed by atoms with Crippen molar-refractivity contribution in [3.05, 3.63) is 65.2 Å². The lowest BCUT2D eigenvalue weighted by Gasteiger charge is -2.31. The second kappa shape index (κ2) is 8.57. The summed E-state index contributed by atoms with van der Waals surface area (Å²) in [5.74, 6) is 0.743. The number of methoxy groups -OCH3 is 1. The third-order valence-electron chi connectivity index (χ3n) is 5.38. The quantitative estimate of drug-likeness (QED) is 0.720. The first-order valence-electron chi connectivity index (χ1n) is 9.64. The van der Waals surface area contributed by atoms with Crippen LogP contribution in [0.15, 0.2) is 48.5 Å². The van der Waals surface area contributed by atoms with Crippen LogP contribution in [0.4, 0.5) is 0 Å². The van der Waals surface area contributed by atoms with E-state index < -0.39 is 12.1 Å². The molecule has 0 N–H and O–H groups in total. The lowest BCUT2D eigenvalue weighted by atomic mass is 9.98. The van der Waals surface area contributed by atoms with Crippen LogP contribution in [0.1, 0.15) is 40.4 Å². The van der Waals surface area contributed by atoms with Gasteiger partial charge in [-0.1, -0.05) is 30.3 Å². The van der Waals surface area contributed by atoms with Crippen LogP contribution < -0.4 is 4.74 Å². The largest absolute Gasteiger partial charge is 0.496 e. The molecule has 2 unspecified atom stereocenters. The number of benzene rings is 2. The molecule has 0 spiro atoms. The molecule has 148 valence electrons. The maximum atomic E-state index is 13.4. The topological polar surface area (TPSA) is 49.9 Å². The Balaban J connectivity index is 1.86. The smallest absolute Gasteiger partial charge is 0.245 e. The average Bonchev–Trinajstić information content (AvgIpc) is 3.18. The van der Waals surface area contributed by atoms with E-state index in [1.54, 1.807) is 18.1 Å². The highest BCUT2D eigenvalue weighted by atomic mass is 16.5. The first-order chi connectivity index (χ1) is 13.4. The molecule has 0 radical (unpaired) electrons. The lowest BCUT2D eigenvalue weighted by molar-refractivity contribution is -0.136. The zero-order chi connectivity index (χ0) is 20.3. The van der Waals surface area contributed by atoms with Gasteiger partial charge in [0.15, 0.2) is 5.78 Å². The Labute approximate surface area is 166 Å². The van der Waals surface area contributed by atoms with Crippen molar-refractivity contribution in [3.8, 4) is 5.75 Å². The first-order valence-corrected chi connectivity index (χ1v) is 9.64. The van der Waals surface area contributed by atoms with Gasteiger partial charge in [-0.15, -0.1) is 0 Å². The molecule has 0 saturated carbocycles. The van der Waals surface area contributed by atoms with Gasteiger partial charge < -0.3 is 9.64 Å². The van der Waals surface area contributed by atoms with Crippen LogP contribution in [-0.2, 0) is 4.79 Å². The van der Waals surface area contributed by atoms with E-state index >= 15 is 0 Å². The molecule has 5 heteroatoms. The number of carbonyl (C=O) groups is 2. The van der Waals surface area contributed by atoms with Crippen molar-refractivity contribution < 1.29 is 14.3 Å². The van der Waals surface area contributed by atoms with Gasteiger partial charge in [0.1, 0.15) is 11.8 Å². The van der Waals surface area contributed by atoms with Gasteiger partial charge in [-0.3, -0.25) is 14.5 Å². The molecule has 0 aliphatic carbocycles. The molecule has 2 aromatic carbocycles. The summed E-state index contributed by atoms with van der Waals surface area (Å²) >= 11 is 0. The average molecular weight is 380 g/mol. The molecule has 1 saturated heterocycles. The highest BCUT2D eigenvalue weighted by Gasteiger charge is 2.38. The van der Waals surface area contributed by atoms with E-state index in [4.69, 9.17) is 4.74 Å². The number of ketones is 1. The van der Waals surface area contributed by atoms with E-state index in [0.717, 1.165) is 23.3 Å². The second-order valence-electron chi connectivity index (χ2n) is 7.52. The van der Waals surface area contributed by atoms with Gasteiger partial charge >= 0.3 is 0 Å². The maximum absolute atomic E-state index is 13.4. The number of likely N-dealkylation sites (tertiary alicyclic amines) is 1. The SMILES string of the molecule is COc1ccc(C(=O)C2CCCN2C(=O)C(c2ccccc2)N(C)C)cc1C. The van der Waals surface area contributed by atoms with Gasteiger partial charge in [0.05, 0.1) is 13.2 Å². The summed E-state index contributed by atoms with van der Waals surface area (Å²) in [4.78, 5) is 30.3. The molecule has 1 amide bonds. The Kier molecular flexibility index (Phi) is 6.15. The predicted octanol–water partition coefficient (Wildman–Crippen LogP) is 3.48. The van der Waals surface area contributed by atoms with Crippen LogP contribution in [0.3, 0.4) is 0 Å². The molecular weight excluding hydrogens is 352 g/mol. The van der Waals surface area contributed by atoms with E-state index in [1.807, 2.05) is 68.4 Å². The Bertz CT molecular complexity index is 848. The summed E-state index contributed by atoms with van der Waals surface area (Å²) in [7, 11) is 5.41. The van der Waals surface area contributed by atoms with Crippen LogP contribution in [0.5, 0.6) is 5.75 Å². The van der Waals surface area contributed by atoms with Crippen LogP contribution in [0.2, 0.25) is 0 Å². The number of ether oxygens (including phenoxy) is 1. The summed E-state index contributed by atoms with van der Waals surface area (Å²) in [6.07, 6.45) is 1.54. The fraction of sp³-hybridized carbons (Fsp3) is 0.391. The van der Waals surface area contributed by atoms with Crippen molar-refractivity contribution in [3.63, 3.8) is 0 Å². The van der Waals surface area contributed by atoms with Crippen molar-refractivity contribution in [1.82, 2.24) is 9.80 Å². The fourth-order valence-electron chi connectivity index (χ4n) is 3.98. The molecule has 0 bridgehead atoms. The van der Waals surface area contributed by atoms with Crippen molar-refractivity contribution in [2.75, 3.05) is 27.7 Å². The Morgan fingerprint density at radius 3 is 2.46 bits per heavy atom. The van der Waals surface area contributed by atoms with Gasteiger partial charge in [-0.25, -0.2) is 0 Å². The zero-order valence-electron chi connectivity index (χ0n) is 17.0. The van der Waals surface area contributed by atoms with Gasteiger partial charge in [-0.2, -0.15) is 0 Å². The Hall–Kier alpha value is -2.66. The second-order valence-corrected chi connectivity index (χ2v) is 7.52. The Morgan fingerprint density at radius 1 is 1.14 bits per heavy atom. The van der Waals surface area contributed by atoms with Gasteiger partial charge in [0.25, 0.3) is 0 Å². The van der Waals surface area contributed by atoms with Crippen LogP contribution >= 0.6 is 0 Å². The molecule has 28 heavy (non-hydrogen) atoms. The fourth-order valence-corrected chi connectivity index (χ4v) is 3.98. The van der Waals surface area contributed by atoms with Crippen molar-refractivity contribution >= 4 is 11.7 Å². The summed E-state index contributed by atoms with van der Waals surface area (Å²) in [5.41, 5.74) is 2.49. The predicted molar refractivity (Wildman–Crippen MR) is 110 cm³/mol. The first kappa shape index (κ1) is 20.1. The number of carbonyl (C=O) groups excluding carboxylic acids is 2. The number of Topliss-reactive ketones (excluding diaryl/α,β-unsaturated/α-hetero) is 1. The van der Waals surface area contributed by atoms with Gasteiger partial charge in [-0.05, 0) is 63.2 Å². The minimum absolute atomic E-state index is 0.00201. The van der Waals surface area contributed by atoms with E-state index in [9.17, 15) is 9.59 Å². The van der Waals surface area contributed by atoms with Crippen molar-refractivity contribution in [2.24, 2.45) is 0 Å². The standard InChI is InChI=1S/C23H28N2O3/c1-16-15-18(12-13-20(16)28-4)22(26)19-11-8-14-25(19)23(27)21(24(2)3)17-9-6-5-7-10-17/h5-7,9-10,12-13,15,19,21H,8,11,14H2,1-4H3. The van der Waals surface area contributed by atoms with Gasteiger partial charge in [0.2, 0.25) is 5.91 Å². The maximum Gasteiger partial charge on any atom is 0.245 e. The summed E-state index contributed by atoms with van der Waals surface area (Å²) in [6.45, 7) is 2.53. The number of aryl methyl sites for hydroxylation is 1. The zero-order valence-corrected chi connectivity index (χ0v) is 17.0. The van der Waals surface area contributed by atoms with Crippen LogP contribution in [0.25, 0.3) is 0 Å². The molecule has 0 aromatic heterocycles. The number of hydrogen-bond acceptors (Lipinski definition) is 4. The highest BCUT2D eigenvalue weighted by molar-refractivity contribution is 6.03. The van der Waals surface area contributed by atoms with Crippen molar-refractivity contribution in [1.29, 1.82) is 0 Å². The lowest BCUT2D eigenvalue weighted by Crippen LogP contribution is -2.46. The third-order valence-corrected chi connectivity index (χ3v) is 5.38. The minimum Gasteiger partial charge on any atom is -0.496 e. The normalized spacial score (nSPS) is 17.6. The number of amides is 1. The molecule has 2 atom stereocenters. The van der Waals surface area contributed by atoms with E-state index in [2.05, 4.69) is 0 Å². The number of hydrogen-bond donors (Lipinski definition) is 0. The molecular formula is C23H28N2O3. The number of nitrogens with zero attached hydrogens (tertiary/aromatic N) is 2. The van der Waals surface area contributed by atoms with Crippen LogP contribution in [0, 0.1) is 6.92 Å². The minimum atomic E-state index is -0.411. The molecule has 1 aliphatic rings. The van der Waals surface area contributed by atoms with Crippen molar-refractivity contribution in [2.45, 2.75) is 31.8 Å². The van der Waals surface area contributed by atoms with E-state index in [0.29, 0.717) is 18.5 Å². The number of likely N-dealkylation sites (N-methyl/N-ethyl adjacent to an activating group) is 1. The molecule has 5 nitrogen and oxygen atoms in total. The van der Waals surface area contributed by atoms with E-state index in [-0.39, 0.29) is 11.7 Å². The van der Waals surface area contributed by atoms with E-state index in [1.165, 1.54) is 0 Å². The molecule has 1 heterocycles. The molecule has 3 rings (SSSR count). The summed E-state index contributed by atoms with van der Waals surface area (Å²) in [6, 6.07) is 14.4. The van der Waals surface area contributed by atoms with Gasteiger partial charge in [0, 0.05) is 12.1 Å². The molecule has 1 fully saturated rings. The summed E-state index contributed by atoms with van der Waals surface area (Å²) < 4.78 is 5.29. The number of rotatable bonds is 6. The molecule has 2 aromatic rings. The Morgan fingerprint density at radius 2 is 1.86 bits per heavy atom. The highest BCUT2D eigenvalue weighted by Crippen LogP contribution is 2.29. The van der Waals surface area contributed by atoms with Crippen LogP contribution in [-0.4, -0.2) is 55.3 Å². The summed E-state index contributed by atoms with van der Waals surface area (Å²) in [5, 5.41) is 0. The molecule has 1 aliphatic heterocycles.